The highest BCUT2D eigenvalue weighted by molar-refractivity contribution is 7.84. The van der Waals surface area contributed by atoms with Crippen LogP contribution in [0.25, 0.3) is 0 Å². The summed E-state index contributed by atoms with van der Waals surface area (Å²) in [6.07, 6.45) is 0.684. The van der Waals surface area contributed by atoms with Gasteiger partial charge >= 0.3 is 0 Å². The van der Waals surface area contributed by atoms with Gasteiger partial charge in [-0.05, 0) is 17.7 Å². The molecule has 0 aliphatic rings. The third kappa shape index (κ3) is 4.89. The maximum absolute atomic E-state index is 12.9. The maximum Gasteiger partial charge on any atom is 0.159 e. The fourth-order valence-corrected chi connectivity index (χ4v) is 1.72. The first-order valence-corrected chi connectivity index (χ1v) is 6.87. The Balaban J connectivity index is 2.44. The molecule has 0 aromatic heterocycles. The van der Waals surface area contributed by atoms with E-state index in [1.807, 2.05) is 0 Å². The molecule has 0 spiro atoms. The molecule has 17 heavy (non-hydrogen) atoms. The molecule has 0 aliphatic heterocycles. The minimum atomic E-state index is -0.976. The predicted molar refractivity (Wildman–Crippen MR) is 63.1 cm³/mol. The smallest absolute Gasteiger partial charge is 0.159 e. The molecule has 6 heteroatoms. The number of halogens is 2. The number of aliphatic hydroxyl groups excluding tert-OH is 1. The fraction of sp³-hybridized carbons (Fsp3) is 0.455. The number of hydrogen-bond acceptors (Lipinski definition) is 3. The van der Waals surface area contributed by atoms with Gasteiger partial charge < -0.3 is 10.4 Å². The summed E-state index contributed by atoms with van der Waals surface area (Å²) in [6.45, 7) is 0.714. The first kappa shape index (κ1) is 14.2. The molecule has 1 aromatic rings. The molecule has 0 saturated heterocycles. The molecule has 2 atom stereocenters. The normalized spacial score (nSPS) is 14.6. The van der Waals surface area contributed by atoms with E-state index < -0.39 is 28.5 Å². The number of aliphatic hydroxyl groups is 1. The van der Waals surface area contributed by atoms with Crippen molar-refractivity contribution in [3.63, 3.8) is 0 Å². The van der Waals surface area contributed by atoms with Crippen molar-refractivity contribution in [3.8, 4) is 0 Å². The molecule has 96 valence electrons. The van der Waals surface area contributed by atoms with Crippen molar-refractivity contribution in [2.24, 2.45) is 0 Å². The minimum Gasteiger partial charge on any atom is -0.387 e. The van der Waals surface area contributed by atoms with Crippen molar-refractivity contribution in [1.82, 2.24) is 5.32 Å². The third-order valence-electron chi connectivity index (χ3n) is 2.23. The zero-order chi connectivity index (χ0) is 12.8. The SMILES string of the molecule is CS(=O)CCNCC(O)c1ccc(F)c(F)c1. The van der Waals surface area contributed by atoms with E-state index in [-0.39, 0.29) is 6.54 Å². The maximum atomic E-state index is 12.9. The Kier molecular flexibility index (Phi) is 5.67. The lowest BCUT2D eigenvalue weighted by atomic mass is 10.1. The van der Waals surface area contributed by atoms with Crippen LogP contribution in [0.15, 0.2) is 18.2 Å². The lowest BCUT2D eigenvalue weighted by molar-refractivity contribution is 0.175. The molecule has 0 radical (unpaired) electrons. The van der Waals surface area contributed by atoms with Crippen LogP contribution in [0, 0.1) is 11.6 Å². The second-order valence-electron chi connectivity index (χ2n) is 3.67. The fourth-order valence-electron chi connectivity index (χ4n) is 1.29. The van der Waals surface area contributed by atoms with E-state index in [4.69, 9.17) is 0 Å². The molecule has 0 bridgehead atoms. The molecule has 3 nitrogen and oxygen atoms in total. The van der Waals surface area contributed by atoms with E-state index >= 15 is 0 Å². The summed E-state index contributed by atoms with van der Waals surface area (Å²) in [5, 5.41) is 12.6. The van der Waals surface area contributed by atoms with Crippen LogP contribution in [-0.2, 0) is 10.8 Å². The van der Waals surface area contributed by atoms with Crippen LogP contribution in [-0.4, -0.2) is 34.4 Å². The van der Waals surface area contributed by atoms with Gasteiger partial charge in [-0.2, -0.15) is 0 Å². The zero-order valence-electron chi connectivity index (χ0n) is 9.45. The number of nitrogens with one attached hydrogen (secondary N) is 1. The Morgan fingerprint density at radius 3 is 2.71 bits per heavy atom. The molecule has 1 rings (SSSR count). The van der Waals surface area contributed by atoms with Crippen LogP contribution >= 0.6 is 0 Å². The lowest BCUT2D eigenvalue weighted by Crippen LogP contribution is -2.25. The summed E-state index contributed by atoms with van der Waals surface area (Å²) in [6, 6.07) is 3.29. The van der Waals surface area contributed by atoms with Crippen LogP contribution < -0.4 is 5.32 Å². The summed E-state index contributed by atoms with van der Waals surface area (Å²) in [5.41, 5.74) is 0.314. The predicted octanol–water partition coefficient (Wildman–Crippen LogP) is 0.966. The molecule has 0 heterocycles. The number of rotatable bonds is 6. The summed E-state index contributed by atoms with van der Waals surface area (Å²) in [4.78, 5) is 0. The Morgan fingerprint density at radius 2 is 2.12 bits per heavy atom. The van der Waals surface area contributed by atoms with Gasteiger partial charge in [0.2, 0.25) is 0 Å². The van der Waals surface area contributed by atoms with Crippen molar-refractivity contribution >= 4 is 10.8 Å². The highest BCUT2D eigenvalue weighted by Crippen LogP contribution is 2.15. The van der Waals surface area contributed by atoms with Crippen molar-refractivity contribution in [2.45, 2.75) is 6.10 Å². The molecule has 0 saturated carbocycles. The summed E-state index contributed by atoms with van der Waals surface area (Å²) >= 11 is 0. The van der Waals surface area contributed by atoms with Crippen molar-refractivity contribution in [2.75, 3.05) is 25.1 Å². The molecule has 0 aliphatic carbocycles. The monoisotopic (exact) mass is 263 g/mol. The van der Waals surface area contributed by atoms with Crippen molar-refractivity contribution in [3.05, 3.63) is 35.4 Å². The van der Waals surface area contributed by atoms with E-state index in [9.17, 15) is 18.1 Å². The topological polar surface area (TPSA) is 49.3 Å². The molecular formula is C11H15F2NO2S. The Hall–Kier alpha value is -0.850. The molecule has 2 N–H and O–H groups in total. The molecule has 0 fully saturated rings. The quantitative estimate of drug-likeness (QED) is 0.752. The van der Waals surface area contributed by atoms with Gasteiger partial charge in [0.1, 0.15) is 0 Å². The van der Waals surface area contributed by atoms with Gasteiger partial charge in [-0.3, -0.25) is 4.21 Å². The third-order valence-corrected chi connectivity index (χ3v) is 3.01. The zero-order valence-corrected chi connectivity index (χ0v) is 10.3. The van der Waals surface area contributed by atoms with Gasteiger partial charge in [0.25, 0.3) is 0 Å². The number of hydrogen-bond donors (Lipinski definition) is 2. The average Bonchev–Trinajstić information content (AvgIpc) is 2.27. The van der Waals surface area contributed by atoms with Crippen molar-refractivity contribution < 1.29 is 18.1 Å². The second kappa shape index (κ2) is 6.78. The van der Waals surface area contributed by atoms with Crippen LogP contribution in [0.1, 0.15) is 11.7 Å². The van der Waals surface area contributed by atoms with Gasteiger partial charge in [-0.1, -0.05) is 6.07 Å². The van der Waals surface area contributed by atoms with Gasteiger partial charge in [-0.25, -0.2) is 8.78 Å². The lowest BCUT2D eigenvalue weighted by Gasteiger charge is -2.12. The van der Waals surface area contributed by atoms with Crippen LogP contribution in [0.5, 0.6) is 0 Å². The van der Waals surface area contributed by atoms with Crippen LogP contribution in [0.4, 0.5) is 8.78 Å². The van der Waals surface area contributed by atoms with E-state index in [2.05, 4.69) is 5.32 Å². The first-order chi connectivity index (χ1) is 8.00. The van der Waals surface area contributed by atoms with E-state index in [0.29, 0.717) is 17.9 Å². The van der Waals surface area contributed by atoms with E-state index in [0.717, 1.165) is 12.1 Å². The van der Waals surface area contributed by atoms with Gasteiger partial charge in [0.15, 0.2) is 11.6 Å². The van der Waals surface area contributed by atoms with E-state index in [1.54, 1.807) is 6.26 Å². The highest BCUT2D eigenvalue weighted by atomic mass is 32.2. The Bertz CT molecular complexity index is 401. The largest absolute Gasteiger partial charge is 0.387 e. The van der Waals surface area contributed by atoms with Gasteiger partial charge in [0, 0.05) is 35.9 Å². The highest BCUT2D eigenvalue weighted by Gasteiger charge is 2.10. The summed E-state index contributed by atoms with van der Waals surface area (Å²) in [7, 11) is -0.885. The number of benzene rings is 1. The van der Waals surface area contributed by atoms with Crippen molar-refractivity contribution in [1.29, 1.82) is 0 Å². The second-order valence-corrected chi connectivity index (χ2v) is 5.23. The molecule has 0 amide bonds. The van der Waals surface area contributed by atoms with Gasteiger partial charge in [-0.15, -0.1) is 0 Å². The molecule has 1 aromatic carbocycles. The van der Waals surface area contributed by atoms with Crippen LogP contribution in [0.2, 0.25) is 0 Å². The van der Waals surface area contributed by atoms with E-state index in [1.165, 1.54) is 6.07 Å². The average molecular weight is 263 g/mol. The first-order valence-electron chi connectivity index (χ1n) is 5.14. The molecular weight excluding hydrogens is 248 g/mol. The summed E-state index contributed by atoms with van der Waals surface area (Å²) in [5.74, 6) is -1.42. The standard InChI is InChI=1S/C11H15F2NO2S/c1-17(16)5-4-14-7-11(15)8-2-3-9(12)10(13)6-8/h2-3,6,11,14-15H,4-5,7H2,1H3. The van der Waals surface area contributed by atoms with Gasteiger partial charge in [0.05, 0.1) is 6.10 Å². The molecule has 2 unspecified atom stereocenters. The summed E-state index contributed by atoms with van der Waals surface area (Å²) < 4.78 is 36.3. The Morgan fingerprint density at radius 1 is 1.41 bits per heavy atom. The van der Waals surface area contributed by atoms with Crippen LogP contribution in [0.3, 0.4) is 0 Å². The Labute approximate surface area is 101 Å². The minimum absolute atomic E-state index is 0.211.